The molecule has 1 rings (SSSR count). The van der Waals surface area contributed by atoms with Crippen molar-refractivity contribution >= 4 is 12.1 Å². The zero-order chi connectivity index (χ0) is 14.5. The fourth-order valence-electron chi connectivity index (χ4n) is 1.55. The van der Waals surface area contributed by atoms with Gasteiger partial charge in [0.05, 0.1) is 0 Å². The van der Waals surface area contributed by atoms with E-state index in [1.807, 2.05) is 20.8 Å². The Kier molecular flexibility index (Phi) is 5.44. The van der Waals surface area contributed by atoms with Crippen molar-refractivity contribution in [2.24, 2.45) is 10.9 Å². The van der Waals surface area contributed by atoms with Crippen LogP contribution in [0.4, 0.5) is 4.79 Å². The van der Waals surface area contributed by atoms with E-state index >= 15 is 0 Å². The Bertz CT molecular complexity index is 336. The maximum Gasteiger partial charge on any atom is 0.407 e. The number of rotatable bonds is 4. The molecule has 0 heterocycles. The minimum Gasteiger partial charge on any atom is -0.444 e. The topological polar surface area (TPSA) is 74.8 Å². The molecule has 110 valence electrons. The highest BCUT2D eigenvalue weighted by Crippen LogP contribution is 2.28. The minimum absolute atomic E-state index is 0.395. The summed E-state index contributed by atoms with van der Waals surface area (Å²) in [6, 6.07) is 0.532. The number of hydrogen-bond donors (Lipinski definition) is 3. The maximum atomic E-state index is 11.4. The largest absolute Gasteiger partial charge is 0.444 e. The number of guanidine groups is 1. The summed E-state index contributed by atoms with van der Waals surface area (Å²) in [5.41, 5.74) is -0.461. The van der Waals surface area contributed by atoms with Crippen LogP contribution in [-0.4, -0.2) is 43.8 Å². The zero-order valence-electron chi connectivity index (χ0n) is 12.5. The molecule has 19 heavy (non-hydrogen) atoms. The molecular formula is C13H26N4O2. The van der Waals surface area contributed by atoms with Gasteiger partial charge in [0.25, 0.3) is 0 Å². The average Bonchev–Trinajstić information content (AvgIpc) is 2.96. The molecule has 0 bridgehead atoms. The van der Waals surface area contributed by atoms with Crippen LogP contribution in [0.15, 0.2) is 4.99 Å². The van der Waals surface area contributed by atoms with Gasteiger partial charge in [-0.15, -0.1) is 0 Å². The SMILES string of the molecule is CN=C(NCCNC(=O)OC(C)(C)C)NC1CC1C. The van der Waals surface area contributed by atoms with Gasteiger partial charge in [-0.25, -0.2) is 4.79 Å². The van der Waals surface area contributed by atoms with E-state index in [2.05, 4.69) is 27.9 Å². The fraction of sp³-hybridized carbons (Fsp3) is 0.846. The van der Waals surface area contributed by atoms with Gasteiger partial charge in [-0.05, 0) is 33.1 Å². The Balaban J connectivity index is 2.10. The fourth-order valence-corrected chi connectivity index (χ4v) is 1.55. The van der Waals surface area contributed by atoms with Crippen LogP contribution in [0, 0.1) is 5.92 Å². The molecule has 0 aromatic heterocycles. The van der Waals surface area contributed by atoms with Crippen molar-refractivity contribution in [3.05, 3.63) is 0 Å². The number of aliphatic imine (C=N–C) groups is 1. The molecule has 1 aliphatic carbocycles. The molecule has 1 saturated carbocycles. The molecule has 2 unspecified atom stereocenters. The summed E-state index contributed by atoms with van der Waals surface area (Å²) in [6.45, 7) is 8.83. The third kappa shape index (κ3) is 6.88. The molecule has 1 fully saturated rings. The van der Waals surface area contributed by atoms with Gasteiger partial charge < -0.3 is 20.7 Å². The van der Waals surface area contributed by atoms with E-state index in [-0.39, 0.29) is 0 Å². The zero-order valence-corrected chi connectivity index (χ0v) is 12.5. The van der Waals surface area contributed by atoms with Gasteiger partial charge in [-0.3, -0.25) is 4.99 Å². The van der Waals surface area contributed by atoms with Crippen molar-refractivity contribution < 1.29 is 9.53 Å². The molecule has 6 nitrogen and oxygen atoms in total. The molecular weight excluding hydrogens is 244 g/mol. The summed E-state index contributed by atoms with van der Waals surface area (Å²) in [5, 5.41) is 9.15. The lowest BCUT2D eigenvalue weighted by molar-refractivity contribution is 0.0529. The number of nitrogens with zero attached hydrogens (tertiary/aromatic N) is 1. The number of carbonyl (C=O) groups excluding carboxylic acids is 1. The van der Waals surface area contributed by atoms with Gasteiger partial charge in [0, 0.05) is 26.2 Å². The molecule has 2 atom stereocenters. The highest BCUT2D eigenvalue weighted by molar-refractivity contribution is 5.80. The molecule has 3 N–H and O–H groups in total. The summed E-state index contributed by atoms with van der Waals surface area (Å²) >= 11 is 0. The number of carbonyl (C=O) groups is 1. The maximum absolute atomic E-state index is 11.4. The Labute approximate surface area is 115 Å². The Morgan fingerprint density at radius 1 is 1.32 bits per heavy atom. The van der Waals surface area contributed by atoms with Crippen LogP contribution in [0.1, 0.15) is 34.1 Å². The van der Waals surface area contributed by atoms with Gasteiger partial charge in [0.1, 0.15) is 5.60 Å². The molecule has 1 aliphatic rings. The lowest BCUT2D eigenvalue weighted by Gasteiger charge is -2.19. The second-order valence-electron chi connectivity index (χ2n) is 5.89. The standard InChI is InChI=1S/C13H26N4O2/c1-9-8-10(9)17-11(14-5)15-6-7-16-12(18)19-13(2,3)4/h9-10H,6-8H2,1-5H3,(H,16,18)(H2,14,15,17). The first-order valence-corrected chi connectivity index (χ1v) is 6.76. The third-order valence-corrected chi connectivity index (χ3v) is 2.74. The van der Waals surface area contributed by atoms with E-state index in [4.69, 9.17) is 4.74 Å². The van der Waals surface area contributed by atoms with Crippen molar-refractivity contribution in [2.45, 2.75) is 45.8 Å². The normalized spacial score (nSPS) is 22.7. The van der Waals surface area contributed by atoms with E-state index in [9.17, 15) is 4.79 Å². The summed E-state index contributed by atoms with van der Waals surface area (Å²) in [5.74, 6) is 1.50. The van der Waals surface area contributed by atoms with Crippen LogP contribution in [0.2, 0.25) is 0 Å². The van der Waals surface area contributed by atoms with E-state index in [1.54, 1.807) is 7.05 Å². The van der Waals surface area contributed by atoms with Gasteiger partial charge in [-0.2, -0.15) is 0 Å². The van der Waals surface area contributed by atoms with Gasteiger partial charge in [0.15, 0.2) is 5.96 Å². The molecule has 6 heteroatoms. The molecule has 0 aromatic rings. The quantitative estimate of drug-likeness (QED) is 0.406. The van der Waals surface area contributed by atoms with Crippen molar-refractivity contribution in [1.82, 2.24) is 16.0 Å². The molecule has 0 radical (unpaired) electrons. The summed E-state index contributed by atoms with van der Waals surface area (Å²) in [4.78, 5) is 15.5. The van der Waals surface area contributed by atoms with Crippen molar-refractivity contribution in [3.63, 3.8) is 0 Å². The van der Waals surface area contributed by atoms with Crippen molar-refractivity contribution in [1.29, 1.82) is 0 Å². The first-order chi connectivity index (χ1) is 8.81. The minimum atomic E-state index is -0.461. The first kappa shape index (κ1) is 15.6. The second-order valence-corrected chi connectivity index (χ2v) is 5.89. The highest BCUT2D eigenvalue weighted by Gasteiger charge is 2.33. The summed E-state index contributed by atoms with van der Waals surface area (Å²) in [7, 11) is 1.74. The van der Waals surface area contributed by atoms with E-state index in [0.29, 0.717) is 19.1 Å². The highest BCUT2D eigenvalue weighted by atomic mass is 16.6. The first-order valence-electron chi connectivity index (χ1n) is 6.76. The Morgan fingerprint density at radius 2 is 1.89 bits per heavy atom. The number of nitrogens with one attached hydrogen (secondary N) is 3. The van der Waals surface area contributed by atoms with Crippen LogP contribution in [0.3, 0.4) is 0 Å². The third-order valence-electron chi connectivity index (χ3n) is 2.74. The lowest BCUT2D eigenvalue weighted by atomic mass is 10.2. The lowest BCUT2D eigenvalue weighted by Crippen LogP contribution is -2.43. The number of ether oxygens (including phenoxy) is 1. The number of hydrogen-bond acceptors (Lipinski definition) is 3. The van der Waals surface area contributed by atoms with Gasteiger partial charge >= 0.3 is 6.09 Å². The van der Waals surface area contributed by atoms with Crippen LogP contribution in [0.25, 0.3) is 0 Å². The second kappa shape index (κ2) is 6.63. The average molecular weight is 270 g/mol. The molecule has 1 amide bonds. The monoisotopic (exact) mass is 270 g/mol. The number of alkyl carbamates (subject to hydrolysis) is 1. The van der Waals surface area contributed by atoms with Crippen molar-refractivity contribution in [3.8, 4) is 0 Å². The molecule has 0 aliphatic heterocycles. The predicted octanol–water partition coefficient (Wildman–Crippen LogP) is 1.08. The Hall–Kier alpha value is -1.46. The van der Waals surface area contributed by atoms with Crippen LogP contribution in [0.5, 0.6) is 0 Å². The predicted molar refractivity (Wildman–Crippen MR) is 76.3 cm³/mol. The van der Waals surface area contributed by atoms with Crippen molar-refractivity contribution in [2.75, 3.05) is 20.1 Å². The van der Waals surface area contributed by atoms with Crippen LogP contribution < -0.4 is 16.0 Å². The van der Waals surface area contributed by atoms with E-state index in [0.717, 1.165) is 11.9 Å². The molecule has 0 aromatic carbocycles. The van der Waals surface area contributed by atoms with Gasteiger partial charge in [0.2, 0.25) is 0 Å². The van der Waals surface area contributed by atoms with Crippen LogP contribution >= 0.6 is 0 Å². The molecule has 0 spiro atoms. The van der Waals surface area contributed by atoms with Gasteiger partial charge in [-0.1, -0.05) is 6.92 Å². The summed E-state index contributed by atoms with van der Waals surface area (Å²) < 4.78 is 5.14. The van der Waals surface area contributed by atoms with E-state index < -0.39 is 11.7 Å². The van der Waals surface area contributed by atoms with Crippen LogP contribution in [-0.2, 0) is 4.74 Å². The smallest absolute Gasteiger partial charge is 0.407 e. The molecule has 0 saturated heterocycles. The summed E-state index contributed by atoms with van der Waals surface area (Å²) in [6.07, 6.45) is 0.796. The number of amides is 1. The van der Waals surface area contributed by atoms with E-state index in [1.165, 1.54) is 6.42 Å². The Morgan fingerprint density at radius 3 is 2.37 bits per heavy atom.